The number of halogens is 3. The molecule has 2 aromatic carbocycles. The van der Waals surface area contributed by atoms with Crippen LogP contribution in [0.1, 0.15) is 40.9 Å². The van der Waals surface area contributed by atoms with Crippen LogP contribution < -0.4 is 4.74 Å². The molecule has 1 amide bonds. The average Bonchev–Trinajstić information content (AvgIpc) is 3.32. The minimum Gasteiger partial charge on any atom is -0.496 e. The van der Waals surface area contributed by atoms with Gasteiger partial charge in [-0.25, -0.2) is 8.78 Å². The molecule has 0 atom stereocenters. The van der Waals surface area contributed by atoms with Gasteiger partial charge in [0.25, 0.3) is 5.91 Å². The minimum atomic E-state index is -0.650. The van der Waals surface area contributed by atoms with Crippen molar-refractivity contribution in [3.63, 3.8) is 0 Å². The smallest absolute Gasteiger partial charge is 0.266 e. The number of amides is 1. The quantitative estimate of drug-likeness (QED) is 0.244. The zero-order chi connectivity index (χ0) is 27.7. The van der Waals surface area contributed by atoms with Gasteiger partial charge in [-0.05, 0) is 70.1 Å². The Morgan fingerprint density at radius 1 is 1.08 bits per heavy atom. The highest BCUT2D eigenvalue weighted by Crippen LogP contribution is 2.40. The molecule has 2 heterocycles. The van der Waals surface area contributed by atoms with Crippen molar-refractivity contribution >= 4 is 38.9 Å². The van der Waals surface area contributed by atoms with E-state index in [9.17, 15) is 13.6 Å². The van der Waals surface area contributed by atoms with E-state index in [-0.39, 0.29) is 38.5 Å². The van der Waals surface area contributed by atoms with Crippen LogP contribution in [0.15, 0.2) is 48.9 Å². The van der Waals surface area contributed by atoms with Crippen LogP contribution in [-0.2, 0) is 6.54 Å². The zero-order valence-corrected chi connectivity index (χ0v) is 23.5. The van der Waals surface area contributed by atoms with Gasteiger partial charge in [-0.2, -0.15) is 0 Å². The van der Waals surface area contributed by atoms with Crippen LogP contribution in [0, 0.1) is 11.6 Å². The largest absolute Gasteiger partial charge is 0.496 e. The fraction of sp³-hybridized carbons (Fsp3) is 0.345. The van der Waals surface area contributed by atoms with Crippen molar-refractivity contribution in [2.24, 2.45) is 0 Å². The molecule has 5 rings (SSSR count). The SMILES string of the molecule is COc1ccc(-c2cnccn2)cc1CN(C(=O)c1sc2c(F)ccc(F)c2c1Cl)C1CCC(N(C)C)CC1. The Kier molecular flexibility index (Phi) is 8.11. The third-order valence-electron chi connectivity index (χ3n) is 7.45. The maximum Gasteiger partial charge on any atom is 0.266 e. The van der Waals surface area contributed by atoms with E-state index in [4.69, 9.17) is 16.3 Å². The number of carbonyl (C=O) groups excluding carboxylic acids is 1. The number of hydrogen-bond donors (Lipinski definition) is 0. The molecule has 6 nitrogen and oxygen atoms in total. The van der Waals surface area contributed by atoms with Crippen molar-refractivity contribution in [2.75, 3.05) is 21.2 Å². The number of rotatable bonds is 7. The Labute approximate surface area is 235 Å². The molecule has 10 heteroatoms. The van der Waals surface area contributed by atoms with Gasteiger partial charge in [0.1, 0.15) is 22.3 Å². The second-order valence-corrected chi connectivity index (χ2v) is 11.4. The van der Waals surface area contributed by atoms with Crippen LogP contribution in [0.4, 0.5) is 8.78 Å². The first-order chi connectivity index (χ1) is 18.8. The number of carbonyl (C=O) groups is 1. The first-order valence-electron chi connectivity index (χ1n) is 12.7. The standard InChI is InChI=1S/C29H29ClF2N4O2S/c1-35(2)19-5-7-20(8-6-19)36(29(37)28-26(30)25-21(31)9-10-22(32)27(25)39-28)16-18-14-17(4-11-24(18)38-3)23-15-33-12-13-34-23/h4,9-15,19-20H,5-8,16H2,1-3H3. The molecule has 204 valence electrons. The average molecular weight is 571 g/mol. The van der Waals surface area contributed by atoms with Gasteiger partial charge >= 0.3 is 0 Å². The fourth-order valence-corrected chi connectivity index (χ4v) is 6.82. The molecule has 39 heavy (non-hydrogen) atoms. The molecule has 0 aliphatic heterocycles. The van der Waals surface area contributed by atoms with Crippen LogP contribution in [0.25, 0.3) is 21.3 Å². The number of benzene rings is 2. The first-order valence-corrected chi connectivity index (χ1v) is 13.9. The molecule has 1 aliphatic rings. The maximum atomic E-state index is 14.6. The number of ether oxygens (including phenoxy) is 1. The Hall–Kier alpha value is -3.14. The van der Waals surface area contributed by atoms with Crippen LogP contribution in [0.3, 0.4) is 0 Å². The molecule has 1 saturated carbocycles. The molecule has 0 N–H and O–H groups in total. The number of fused-ring (bicyclic) bond motifs is 1. The molecule has 0 saturated heterocycles. The normalized spacial score (nSPS) is 17.5. The summed E-state index contributed by atoms with van der Waals surface area (Å²) in [7, 11) is 5.72. The van der Waals surface area contributed by atoms with E-state index in [2.05, 4.69) is 29.0 Å². The number of aromatic nitrogens is 2. The summed E-state index contributed by atoms with van der Waals surface area (Å²) in [5, 5.41) is -0.104. The highest BCUT2D eigenvalue weighted by molar-refractivity contribution is 7.21. The molecule has 0 unspecified atom stereocenters. The van der Waals surface area contributed by atoms with Gasteiger partial charge in [0.05, 0.1) is 34.1 Å². The van der Waals surface area contributed by atoms with Gasteiger partial charge in [0, 0.05) is 42.1 Å². The van der Waals surface area contributed by atoms with E-state index in [0.717, 1.165) is 60.3 Å². The molecule has 1 fully saturated rings. The Morgan fingerprint density at radius 2 is 1.79 bits per heavy atom. The predicted molar refractivity (Wildman–Crippen MR) is 150 cm³/mol. The van der Waals surface area contributed by atoms with Crippen molar-refractivity contribution in [2.45, 2.75) is 44.3 Å². The zero-order valence-electron chi connectivity index (χ0n) is 22.0. The number of nitrogens with zero attached hydrogens (tertiary/aromatic N) is 4. The van der Waals surface area contributed by atoms with E-state index >= 15 is 0 Å². The highest BCUT2D eigenvalue weighted by atomic mass is 35.5. The summed E-state index contributed by atoms with van der Waals surface area (Å²) >= 11 is 7.45. The van der Waals surface area contributed by atoms with E-state index in [1.807, 2.05) is 18.2 Å². The monoisotopic (exact) mass is 570 g/mol. The van der Waals surface area contributed by atoms with Gasteiger partial charge in [0.15, 0.2) is 0 Å². The number of thiophene rings is 1. The van der Waals surface area contributed by atoms with Gasteiger partial charge in [-0.3, -0.25) is 14.8 Å². The summed E-state index contributed by atoms with van der Waals surface area (Å²) in [6.07, 6.45) is 8.37. The fourth-order valence-electron chi connectivity index (χ4n) is 5.31. The van der Waals surface area contributed by atoms with E-state index in [1.54, 1.807) is 30.6 Å². The third-order valence-corrected chi connectivity index (χ3v) is 9.13. The summed E-state index contributed by atoms with van der Waals surface area (Å²) < 4.78 is 34.9. The Bertz CT molecular complexity index is 1490. The maximum absolute atomic E-state index is 14.6. The lowest BCUT2D eigenvalue weighted by molar-refractivity contribution is 0.0573. The molecule has 4 aromatic rings. The summed E-state index contributed by atoms with van der Waals surface area (Å²) in [5.41, 5.74) is 2.33. The summed E-state index contributed by atoms with van der Waals surface area (Å²) in [6.45, 7) is 0.239. The van der Waals surface area contributed by atoms with Crippen molar-refractivity contribution < 1.29 is 18.3 Å². The Balaban J connectivity index is 1.55. The molecule has 2 aromatic heterocycles. The van der Waals surface area contributed by atoms with Crippen LogP contribution in [0.5, 0.6) is 5.75 Å². The van der Waals surface area contributed by atoms with Crippen molar-refractivity contribution in [3.05, 3.63) is 76.0 Å². The van der Waals surface area contributed by atoms with Crippen LogP contribution in [-0.4, -0.2) is 59.0 Å². The highest BCUT2D eigenvalue weighted by Gasteiger charge is 2.33. The molecular weight excluding hydrogens is 542 g/mol. The van der Waals surface area contributed by atoms with Crippen molar-refractivity contribution in [1.82, 2.24) is 19.8 Å². The lowest BCUT2D eigenvalue weighted by Crippen LogP contribution is -2.44. The van der Waals surface area contributed by atoms with Crippen molar-refractivity contribution in [1.29, 1.82) is 0 Å². The summed E-state index contributed by atoms with van der Waals surface area (Å²) in [6, 6.07) is 8.14. The van der Waals surface area contributed by atoms with E-state index < -0.39 is 11.6 Å². The third kappa shape index (κ3) is 5.48. The number of hydrogen-bond acceptors (Lipinski definition) is 6. The van der Waals surface area contributed by atoms with Crippen LogP contribution in [0.2, 0.25) is 5.02 Å². The lowest BCUT2D eigenvalue weighted by atomic mass is 9.89. The molecule has 0 radical (unpaired) electrons. The van der Waals surface area contributed by atoms with Gasteiger partial charge < -0.3 is 14.5 Å². The number of methoxy groups -OCH3 is 1. The first kappa shape index (κ1) is 27.4. The van der Waals surface area contributed by atoms with E-state index in [1.165, 1.54) is 0 Å². The molecule has 0 spiro atoms. The molecule has 0 bridgehead atoms. The Morgan fingerprint density at radius 3 is 2.44 bits per heavy atom. The topological polar surface area (TPSA) is 58.6 Å². The second-order valence-electron chi connectivity index (χ2n) is 9.95. The second kappa shape index (κ2) is 11.5. The predicted octanol–water partition coefficient (Wildman–Crippen LogP) is 6.81. The molecule has 1 aliphatic carbocycles. The van der Waals surface area contributed by atoms with E-state index in [0.29, 0.717) is 17.5 Å². The summed E-state index contributed by atoms with van der Waals surface area (Å²) in [4.78, 5) is 26.9. The van der Waals surface area contributed by atoms with Gasteiger partial charge in [-0.15, -0.1) is 11.3 Å². The van der Waals surface area contributed by atoms with Gasteiger partial charge in [-0.1, -0.05) is 11.6 Å². The minimum absolute atomic E-state index is 0.0434. The van der Waals surface area contributed by atoms with Crippen LogP contribution >= 0.6 is 22.9 Å². The molecular formula is C29H29ClF2N4O2S. The lowest BCUT2D eigenvalue weighted by Gasteiger charge is -2.39. The van der Waals surface area contributed by atoms with Crippen molar-refractivity contribution in [3.8, 4) is 17.0 Å². The summed E-state index contributed by atoms with van der Waals surface area (Å²) in [5.74, 6) is -0.973. The van der Waals surface area contributed by atoms with Gasteiger partial charge in [0.2, 0.25) is 0 Å².